The molecule has 2 aromatic rings. The molecule has 6 nitrogen and oxygen atoms in total. The number of phenols is 1. The molecule has 1 amide bonds. The first-order valence-corrected chi connectivity index (χ1v) is 5.59. The number of nitrogens with one attached hydrogen (secondary N) is 2. The topological polar surface area (TPSA) is 90.9 Å². The fourth-order valence-corrected chi connectivity index (χ4v) is 1.61. The Balaban J connectivity index is 1.93. The smallest absolute Gasteiger partial charge is 0.251 e. The number of hydrogen-bond donors (Lipinski definition) is 3. The van der Waals surface area contributed by atoms with E-state index in [1.165, 1.54) is 6.33 Å². The number of rotatable bonds is 4. The predicted octanol–water partition coefficient (Wildman–Crippen LogP) is 0.791. The number of aromatic nitrogens is 3. The lowest BCUT2D eigenvalue weighted by Gasteiger charge is -2.07. The molecule has 0 spiro atoms. The number of amides is 1. The molecular formula is C12H14N4O2. The lowest BCUT2D eigenvalue weighted by atomic mass is 10.1. The molecule has 0 aliphatic carbocycles. The standard InChI is InChI=1S/C12H14N4O2/c1-8-9(3-2-4-10(8)17)12(18)13-6-5-11-14-7-15-16-11/h2-4,7,17H,5-6H2,1H3,(H,13,18)(H,14,15,16). The molecule has 0 bridgehead atoms. The number of benzene rings is 1. The van der Waals surface area contributed by atoms with Crippen LogP contribution in [0.3, 0.4) is 0 Å². The normalized spacial score (nSPS) is 10.3. The number of H-pyrrole nitrogens is 1. The van der Waals surface area contributed by atoms with Crippen LogP contribution in [-0.2, 0) is 6.42 Å². The van der Waals surface area contributed by atoms with Crippen molar-refractivity contribution < 1.29 is 9.90 Å². The van der Waals surface area contributed by atoms with E-state index in [-0.39, 0.29) is 11.7 Å². The number of aromatic hydroxyl groups is 1. The maximum Gasteiger partial charge on any atom is 0.251 e. The first-order chi connectivity index (χ1) is 8.68. The van der Waals surface area contributed by atoms with Gasteiger partial charge < -0.3 is 10.4 Å². The minimum Gasteiger partial charge on any atom is -0.508 e. The fourth-order valence-electron chi connectivity index (χ4n) is 1.61. The van der Waals surface area contributed by atoms with E-state index < -0.39 is 0 Å². The van der Waals surface area contributed by atoms with Crippen molar-refractivity contribution in [3.8, 4) is 5.75 Å². The number of carbonyl (C=O) groups excluding carboxylic acids is 1. The van der Waals surface area contributed by atoms with E-state index in [9.17, 15) is 9.90 Å². The van der Waals surface area contributed by atoms with Crippen LogP contribution >= 0.6 is 0 Å². The van der Waals surface area contributed by atoms with Gasteiger partial charge in [0, 0.05) is 24.1 Å². The van der Waals surface area contributed by atoms with Gasteiger partial charge in [0.1, 0.15) is 17.9 Å². The second-order valence-corrected chi connectivity index (χ2v) is 3.89. The van der Waals surface area contributed by atoms with Crippen LogP contribution in [0, 0.1) is 6.92 Å². The number of hydrogen-bond acceptors (Lipinski definition) is 4. The Morgan fingerprint density at radius 2 is 2.33 bits per heavy atom. The quantitative estimate of drug-likeness (QED) is 0.744. The average Bonchev–Trinajstić information content (AvgIpc) is 2.85. The van der Waals surface area contributed by atoms with E-state index in [4.69, 9.17) is 0 Å². The van der Waals surface area contributed by atoms with Crippen LogP contribution in [0.5, 0.6) is 5.75 Å². The molecule has 0 saturated carbocycles. The summed E-state index contributed by atoms with van der Waals surface area (Å²) < 4.78 is 0. The van der Waals surface area contributed by atoms with E-state index in [0.717, 1.165) is 5.82 Å². The largest absolute Gasteiger partial charge is 0.508 e. The van der Waals surface area contributed by atoms with Crippen molar-refractivity contribution in [2.75, 3.05) is 6.54 Å². The second-order valence-electron chi connectivity index (χ2n) is 3.89. The SMILES string of the molecule is Cc1c(O)cccc1C(=O)NCCc1ncn[nH]1. The Hall–Kier alpha value is -2.37. The van der Waals surface area contributed by atoms with Gasteiger partial charge in [-0.1, -0.05) is 6.07 Å². The van der Waals surface area contributed by atoms with Crippen LogP contribution in [0.4, 0.5) is 0 Å². The summed E-state index contributed by atoms with van der Waals surface area (Å²) in [7, 11) is 0. The number of phenolic OH excluding ortho intramolecular Hbond substituents is 1. The molecule has 2 rings (SSSR count). The predicted molar refractivity (Wildman–Crippen MR) is 65.3 cm³/mol. The van der Waals surface area contributed by atoms with Gasteiger partial charge in [0.25, 0.3) is 5.91 Å². The van der Waals surface area contributed by atoms with Crippen molar-refractivity contribution in [1.29, 1.82) is 0 Å². The highest BCUT2D eigenvalue weighted by Gasteiger charge is 2.10. The lowest BCUT2D eigenvalue weighted by Crippen LogP contribution is -2.26. The zero-order valence-electron chi connectivity index (χ0n) is 9.97. The number of aromatic amines is 1. The van der Waals surface area contributed by atoms with Gasteiger partial charge in [-0.25, -0.2) is 4.98 Å². The first kappa shape index (κ1) is 12.1. The van der Waals surface area contributed by atoms with Crippen LogP contribution < -0.4 is 5.32 Å². The van der Waals surface area contributed by atoms with Gasteiger partial charge in [-0.2, -0.15) is 5.10 Å². The third-order valence-corrected chi connectivity index (χ3v) is 2.66. The summed E-state index contributed by atoms with van der Waals surface area (Å²) in [5.41, 5.74) is 1.06. The fraction of sp³-hybridized carbons (Fsp3) is 0.250. The molecule has 1 heterocycles. The minimum absolute atomic E-state index is 0.123. The summed E-state index contributed by atoms with van der Waals surface area (Å²) in [6.45, 7) is 2.17. The molecule has 3 N–H and O–H groups in total. The Kier molecular flexibility index (Phi) is 3.57. The van der Waals surface area contributed by atoms with Crippen molar-refractivity contribution in [2.45, 2.75) is 13.3 Å². The van der Waals surface area contributed by atoms with Crippen molar-refractivity contribution in [3.05, 3.63) is 41.5 Å². The van der Waals surface area contributed by atoms with Crippen molar-refractivity contribution in [2.24, 2.45) is 0 Å². The van der Waals surface area contributed by atoms with Crippen molar-refractivity contribution >= 4 is 5.91 Å². The molecule has 0 saturated heterocycles. The maximum absolute atomic E-state index is 11.9. The van der Waals surface area contributed by atoms with Crippen LogP contribution in [0.25, 0.3) is 0 Å². The van der Waals surface area contributed by atoms with Crippen LogP contribution in [0.1, 0.15) is 21.7 Å². The minimum atomic E-state index is -0.206. The summed E-state index contributed by atoms with van der Waals surface area (Å²) in [5.74, 6) is 0.642. The van der Waals surface area contributed by atoms with Gasteiger partial charge in [0.15, 0.2) is 0 Å². The van der Waals surface area contributed by atoms with Gasteiger partial charge >= 0.3 is 0 Å². The van der Waals surface area contributed by atoms with Crippen molar-refractivity contribution in [1.82, 2.24) is 20.5 Å². The van der Waals surface area contributed by atoms with Gasteiger partial charge in [-0.05, 0) is 19.1 Å². The molecule has 0 fully saturated rings. The molecule has 1 aromatic heterocycles. The van der Waals surface area contributed by atoms with Crippen molar-refractivity contribution in [3.63, 3.8) is 0 Å². The third-order valence-electron chi connectivity index (χ3n) is 2.66. The molecular weight excluding hydrogens is 232 g/mol. The summed E-state index contributed by atoms with van der Waals surface area (Å²) in [5, 5.41) is 18.7. The summed E-state index contributed by atoms with van der Waals surface area (Å²) >= 11 is 0. The second kappa shape index (κ2) is 5.31. The highest BCUT2D eigenvalue weighted by molar-refractivity contribution is 5.96. The molecule has 0 aliphatic heterocycles. The van der Waals surface area contributed by atoms with Gasteiger partial charge in [0.2, 0.25) is 0 Å². The Morgan fingerprint density at radius 3 is 3.06 bits per heavy atom. The summed E-state index contributed by atoms with van der Waals surface area (Å²) in [6.07, 6.45) is 2.01. The summed E-state index contributed by atoms with van der Waals surface area (Å²) in [6, 6.07) is 4.88. The number of nitrogens with zero attached hydrogens (tertiary/aromatic N) is 2. The lowest BCUT2D eigenvalue weighted by molar-refractivity contribution is 0.0953. The van der Waals surface area contributed by atoms with Gasteiger partial charge in [-0.15, -0.1) is 0 Å². The van der Waals surface area contributed by atoms with E-state index in [2.05, 4.69) is 20.5 Å². The highest BCUT2D eigenvalue weighted by Crippen LogP contribution is 2.19. The molecule has 0 aliphatic rings. The van der Waals surface area contributed by atoms with Gasteiger partial charge in [0.05, 0.1) is 0 Å². The monoisotopic (exact) mass is 246 g/mol. The first-order valence-electron chi connectivity index (χ1n) is 5.59. The van der Waals surface area contributed by atoms with Crippen LogP contribution in [-0.4, -0.2) is 32.7 Å². The van der Waals surface area contributed by atoms with Crippen LogP contribution in [0.2, 0.25) is 0 Å². The molecule has 6 heteroatoms. The molecule has 0 radical (unpaired) electrons. The zero-order valence-corrected chi connectivity index (χ0v) is 9.97. The maximum atomic E-state index is 11.9. The highest BCUT2D eigenvalue weighted by atomic mass is 16.3. The molecule has 18 heavy (non-hydrogen) atoms. The Bertz CT molecular complexity index is 537. The summed E-state index contributed by atoms with van der Waals surface area (Å²) in [4.78, 5) is 15.8. The van der Waals surface area contributed by atoms with E-state index in [1.54, 1.807) is 25.1 Å². The third kappa shape index (κ3) is 2.65. The zero-order chi connectivity index (χ0) is 13.0. The van der Waals surface area contributed by atoms with E-state index >= 15 is 0 Å². The molecule has 94 valence electrons. The van der Waals surface area contributed by atoms with Gasteiger partial charge in [-0.3, -0.25) is 9.89 Å². The number of carbonyl (C=O) groups is 1. The molecule has 0 atom stereocenters. The Labute approximate surface area is 104 Å². The Morgan fingerprint density at radius 1 is 1.50 bits per heavy atom. The van der Waals surface area contributed by atoms with E-state index in [1.807, 2.05) is 0 Å². The van der Waals surface area contributed by atoms with E-state index in [0.29, 0.717) is 24.1 Å². The van der Waals surface area contributed by atoms with Crippen LogP contribution in [0.15, 0.2) is 24.5 Å². The average molecular weight is 246 g/mol. The molecule has 1 aromatic carbocycles. The molecule has 0 unspecified atom stereocenters.